The average molecular weight is 263 g/mol. The predicted molar refractivity (Wildman–Crippen MR) is 55.2 cm³/mol. The Kier molecular flexibility index (Phi) is 2.87. The minimum absolute atomic E-state index is 0.0519. The van der Waals surface area contributed by atoms with Gasteiger partial charge in [0.05, 0.1) is 17.4 Å². The zero-order valence-electron chi connectivity index (χ0n) is 8.29. The zero-order valence-corrected chi connectivity index (χ0v) is 9.05. The maximum Gasteiger partial charge on any atom is 0.416 e. The van der Waals surface area contributed by atoms with Crippen molar-refractivity contribution in [3.05, 3.63) is 41.7 Å². The molecule has 1 atom stereocenters. The molecule has 1 aromatic carbocycles. The Bertz CT molecular complexity index is 494. The molecular weight excluding hydrogens is 257 g/mol. The maximum absolute atomic E-state index is 12.5. The Morgan fingerprint density at radius 2 is 2.00 bits per heavy atom. The third-order valence-corrected chi connectivity index (χ3v) is 2.58. The molecule has 6 heteroatoms. The minimum Gasteiger partial charge on any atom is -0.474 e. The van der Waals surface area contributed by atoms with Crippen LogP contribution in [-0.2, 0) is 15.7 Å². The number of ether oxygens (including phenoxy) is 1. The highest BCUT2D eigenvalue weighted by atomic mass is 35.5. The first-order valence-electron chi connectivity index (χ1n) is 4.61. The predicted octanol–water partition coefficient (Wildman–Crippen LogP) is 3.21. The maximum atomic E-state index is 12.5. The van der Waals surface area contributed by atoms with Crippen LogP contribution in [0.4, 0.5) is 13.2 Å². The van der Waals surface area contributed by atoms with E-state index >= 15 is 0 Å². The summed E-state index contributed by atoms with van der Waals surface area (Å²) in [4.78, 5) is 11.5. The molecular formula is C11H6ClF3O2. The number of Topliss-reactive ketones (excluding diaryl/α,β-unsaturated/α-hetero) is 1. The molecule has 0 aliphatic carbocycles. The molecule has 1 aromatic rings. The fourth-order valence-electron chi connectivity index (χ4n) is 1.44. The second-order valence-electron chi connectivity index (χ2n) is 3.43. The van der Waals surface area contributed by atoms with Gasteiger partial charge in [-0.1, -0.05) is 23.7 Å². The molecule has 0 saturated heterocycles. The summed E-state index contributed by atoms with van der Waals surface area (Å²) in [5, 5.41) is 0. The molecule has 1 aliphatic heterocycles. The van der Waals surface area contributed by atoms with Gasteiger partial charge in [0.15, 0.2) is 0 Å². The van der Waals surface area contributed by atoms with Crippen molar-refractivity contribution in [3.8, 4) is 0 Å². The summed E-state index contributed by atoms with van der Waals surface area (Å²) in [5.41, 5.74) is -1.77. The van der Waals surface area contributed by atoms with Crippen molar-refractivity contribution in [1.82, 2.24) is 0 Å². The van der Waals surface area contributed by atoms with Crippen molar-refractivity contribution in [2.45, 2.75) is 11.7 Å². The number of ketones is 1. The smallest absolute Gasteiger partial charge is 0.416 e. The van der Waals surface area contributed by atoms with Crippen LogP contribution in [0, 0.1) is 0 Å². The fourth-order valence-corrected chi connectivity index (χ4v) is 1.61. The van der Waals surface area contributed by atoms with Gasteiger partial charge in [-0.3, -0.25) is 4.79 Å². The normalized spacial score (nSPS) is 20.1. The second-order valence-corrected chi connectivity index (χ2v) is 3.82. The van der Waals surface area contributed by atoms with Crippen LogP contribution < -0.4 is 0 Å². The van der Waals surface area contributed by atoms with Crippen LogP contribution in [0.1, 0.15) is 11.1 Å². The van der Waals surface area contributed by atoms with Crippen molar-refractivity contribution in [1.29, 1.82) is 0 Å². The first-order chi connectivity index (χ1) is 7.89. The van der Waals surface area contributed by atoms with Crippen LogP contribution in [0.5, 0.6) is 0 Å². The Labute approximate surface area is 99.6 Å². The van der Waals surface area contributed by atoms with Crippen LogP contribution in [-0.4, -0.2) is 11.3 Å². The summed E-state index contributed by atoms with van der Waals surface area (Å²) in [6.07, 6.45) is -3.37. The molecule has 0 aromatic heterocycles. The topological polar surface area (TPSA) is 26.3 Å². The lowest BCUT2D eigenvalue weighted by Crippen LogP contribution is -2.11. The average Bonchev–Trinajstić information content (AvgIpc) is 2.59. The Hall–Kier alpha value is -1.49. The van der Waals surface area contributed by atoms with E-state index in [-0.39, 0.29) is 11.1 Å². The first-order valence-corrected chi connectivity index (χ1v) is 5.05. The van der Waals surface area contributed by atoms with Gasteiger partial charge in [0, 0.05) is 0 Å². The van der Waals surface area contributed by atoms with Crippen LogP contribution in [0.15, 0.2) is 30.5 Å². The summed E-state index contributed by atoms with van der Waals surface area (Å²) >= 11 is 5.49. The number of rotatable bonds is 1. The van der Waals surface area contributed by atoms with Crippen molar-refractivity contribution in [3.63, 3.8) is 0 Å². The number of alkyl halides is 4. The number of hydrogen-bond donors (Lipinski definition) is 0. The van der Waals surface area contributed by atoms with E-state index in [0.717, 1.165) is 18.4 Å². The molecule has 17 heavy (non-hydrogen) atoms. The Balaban J connectivity index is 2.39. The molecule has 0 radical (unpaired) electrons. The summed E-state index contributed by atoms with van der Waals surface area (Å²) < 4.78 is 42.1. The Morgan fingerprint density at radius 3 is 2.53 bits per heavy atom. The highest BCUT2D eigenvalue weighted by Crippen LogP contribution is 2.32. The van der Waals surface area contributed by atoms with Gasteiger partial charge in [0.1, 0.15) is 0 Å². The van der Waals surface area contributed by atoms with Gasteiger partial charge in [0.25, 0.3) is 0 Å². The van der Waals surface area contributed by atoms with Crippen LogP contribution in [0.2, 0.25) is 0 Å². The van der Waals surface area contributed by atoms with Crippen molar-refractivity contribution in [2.75, 3.05) is 0 Å². The Morgan fingerprint density at radius 1 is 1.29 bits per heavy atom. The molecule has 0 bridgehead atoms. The van der Waals surface area contributed by atoms with E-state index in [9.17, 15) is 18.0 Å². The molecule has 0 amide bonds. The molecule has 1 unspecified atom stereocenters. The zero-order chi connectivity index (χ0) is 12.6. The molecule has 1 aliphatic rings. The summed E-state index contributed by atoms with van der Waals surface area (Å²) in [5.74, 6) is -0.536. The van der Waals surface area contributed by atoms with Gasteiger partial charge >= 0.3 is 6.18 Å². The highest BCUT2D eigenvalue weighted by molar-refractivity contribution is 6.41. The fraction of sp³-hybridized carbons (Fsp3) is 0.182. The number of carbonyl (C=O) groups is 1. The van der Waals surface area contributed by atoms with E-state index in [2.05, 4.69) is 0 Å². The number of hydrogen-bond acceptors (Lipinski definition) is 2. The molecule has 0 spiro atoms. The molecule has 0 saturated carbocycles. The molecule has 90 valence electrons. The van der Waals surface area contributed by atoms with Gasteiger partial charge in [-0.2, -0.15) is 13.2 Å². The largest absolute Gasteiger partial charge is 0.474 e. The quantitative estimate of drug-likeness (QED) is 0.727. The summed E-state index contributed by atoms with van der Waals surface area (Å²) in [6.45, 7) is 0. The molecule has 2 rings (SSSR count). The molecule has 0 N–H and O–H groups in total. The van der Waals surface area contributed by atoms with Gasteiger partial charge < -0.3 is 4.74 Å². The SMILES string of the molecule is O=C1C(c2cccc(C(F)(F)F)c2)=COC1Cl. The van der Waals surface area contributed by atoms with E-state index in [1.54, 1.807) is 0 Å². The van der Waals surface area contributed by atoms with E-state index in [0.29, 0.717) is 0 Å². The molecule has 1 heterocycles. The van der Waals surface area contributed by atoms with Gasteiger partial charge in [0.2, 0.25) is 11.3 Å². The van der Waals surface area contributed by atoms with E-state index in [4.69, 9.17) is 16.3 Å². The van der Waals surface area contributed by atoms with Crippen LogP contribution in [0.25, 0.3) is 5.57 Å². The highest BCUT2D eigenvalue weighted by Gasteiger charge is 2.33. The lowest BCUT2D eigenvalue weighted by atomic mass is 10.0. The standard InChI is InChI=1S/C11H6ClF3O2/c12-10-9(16)8(5-17-10)6-2-1-3-7(4-6)11(13,14)15/h1-5,10H. The second kappa shape index (κ2) is 4.07. The van der Waals surface area contributed by atoms with Gasteiger partial charge in [-0.15, -0.1) is 0 Å². The molecule has 0 fully saturated rings. The number of benzene rings is 1. The lowest BCUT2D eigenvalue weighted by Gasteiger charge is -2.08. The monoisotopic (exact) mass is 262 g/mol. The van der Waals surface area contributed by atoms with Gasteiger partial charge in [-0.05, 0) is 17.7 Å². The third kappa shape index (κ3) is 2.29. The van der Waals surface area contributed by atoms with Gasteiger partial charge in [-0.25, -0.2) is 0 Å². The van der Waals surface area contributed by atoms with Crippen molar-refractivity contribution < 1.29 is 22.7 Å². The first kappa shape index (κ1) is 12.0. The van der Waals surface area contributed by atoms with Crippen LogP contribution in [0.3, 0.4) is 0 Å². The number of carbonyl (C=O) groups excluding carboxylic acids is 1. The van der Waals surface area contributed by atoms with E-state index in [1.807, 2.05) is 0 Å². The van der Waals surface area contributed by atoms with Crippen molar-refractivity contribution >= 4 is 23.0 Å². The van der Waals surface area contributed by atoms with E-state index < -0.39 is 23.1 Å². The van der Waals surface area contributed by atoms with E-state index in [1.165, 1.54) is 12.1 Å². The third-order valence-electron chi connectivity index (χ3n) is 2.28. The van der Waals surface area contributed by atoms with Crippen LogP contribution >= 0.6 is 11.6 Å². The molecule has 2 nitrogen and oxygen atoms in total. The summed E-state index contributed by atoms with van der Waals surface area (Å²) in [7, 11) is 0. The van der Waals surface area contributed by atoms with Crippen molar-refractivity contribution in [2.24, 2.45) is 0 Å². The summed E-state index contributed by atoms with van der Waals surface area (Å²) in [6, 6.07) is 4.45. The minimum atomic E-state index is -4.44. The lowest BCUT2D eigenvalue weighted by molar-refractivity contribution is -0.137. The number of halogens is 4.